The lowest BCUT2D eigenvalue weighted by molar-refractivity contribution is 0.221. The molecule has 17 heavy (non-hydrogen) atoms. The number of nitrogens with one attached hydrogen (secondary N) is 2. The molecule has 2 rings (SSSR count). The second kappa shape index (κ2) is 5.19. The summed E-state index contributed by atoms with van der Waals surface area (Å²) in [5.41, 5.74) is 2.05. The minimum Gasteiger partial charge on any atom is -0.323 e. The van der Waals surface area contributed by atoms with E-state index in [0.717, 1.165) is 25.2 Å². The number of hydrogen-bond donors (Lipinski definition) is 2. The molecule has 1 fully saturated rings. The molecule has 1 aliphatic heterocycles. The molecule has 1 aromatic rings. The number of benzene rings is 1. The molecule has 0 bridgehead atoms. The van der Waals surface area contributed by atoms with E-state index < -0.39 is 0 Å². The van der Waals surface area contributed by atoms with Gasteiger partial charge in [0.05, 0.1) is 0 Å². The zero-order valence-electron chi connectivity index (χ0n) is 10.4. The van der Waals surface area contributed by atoms with Crippen molar-refractivity contribution in [3.05, 3.63) is 29.8 Å². The average molecular weight is 233 g/mol. The summed E-state index contributed by atoms with van der Waals surface area (Å²) in [5.74, 6) is 0. The fourth-order valence-electron chi connectivity index (χ4n) is 2.02. The third-order valence-electron chi connectivity index (χ3n) is 3.19. The molecule has 4 heteroatoms. The molecule has 92 valence electrons. The Morgan fingerprint density at radius 3 is 2.65 bits per heavy atom. The van der Waals surface area contributed by atoms with Crippen LogP contribution in [0.2, 0.25) is 0 Å². The number of likely N-dealkylation sites (tertiary alicyclic amines) is 1. The molecule has 4 nitrogen and oxygen atoms in total. The molecule has 1 atom stereocenters. The van der Waals surface area contributed by atoms with Crippen LogP contribution in [0.1, 0.15) is 12.0 Å². The summed E-state index contributed by atoms with van der Waals surface area (Å²) in [6.07, 6.45) is 1.03. The van der Waals surface area contributed by atoms with Gasteiger partial charge in [0, 0.05) is 24.8 Å². The van der Waals surface area contributed by atoms with Crippen LogP contribution in [0.4, 0.5) is 10.5 Å². The summed E-state index contributed by atoms with van der Waals surface area (Å²) in [4.78, 5) is 13.8. The van der Waals surface area contributed by atoms with E-state index >= 15 is 0 Å². The smallest absolute Gasteiger partial charge is 0.321 e. The predicted octanol–water partition coefficient (Wildman–Crippen LogP) is 1.82. The van der Waals surface area contributed by atoms with Crippen LogP contribution in [0.25, 0.3) is 0 Å². The number of urea groups is 1. The summed E-state index contributed by atoms with van der Waals surface area (Å²) in [6, 6.07) is 8.27. The van der Waals surface area contributed by atoms with Crippen LogP contribution in [0.15, 0.2) is 24.3 Å². The van der Waals surface area contributed by atoms with Gasteiger partial charge in [-0.2, -0.15) is 0 Å². The Kier molecular flexibility index (Phi) is 3.64. The molecular weight excluding hydrogens is 214 g/mol. The molecule has 1 aromatic carbocycles. The number of likely N-dealkylation sites (N-methyl/N-ethyl adjacent to an activating group) is 1. The molecule has 1 heterocycles. The maximum atomic E-state index is 11.9. The normalized spacial score (nSPS) is 19.4. The molecule has 2 N–H and O–H groups in total. The molecule has 0 radical (unpaired) electrons. The summed E-state index contributed by atoms with van der Waals surface area (Å²) in [5, 5.41) is 6.11. The Labute approximate surface area is 102 Å². The van der Waals surface area contributed by atoms with Gasteiger partial charge in [-0.25, -0.2) is 4.79 Å². The van der Waals surface area contributed by atoms with E-state index in [4.69, 9.17) is 0 Å². The van der Waals surface area contributed by atoms with Gasteiger partial charge in [0.1, 0.15) is 0 Å². The second-order valence-corrected chi connectivity index (χ2v) is 4.52. The predicted molar refractivity (Wildman–Crippen MR) is 69.2 cm³/mol. The van der Waals surface area contributed by atoms with Gasteiger partial charge in [-0.1, -0.05) is 17.7 Å². The average Bonchev–Trinajstić information content (AvgIpc) is 2.81. The first-order valence-corrected chi connectivity index (χ1v) is 5.99. The van der Waals surface area contributed by atoms with E-state index in [-0.39, 0.29) is 6.03 Å². The lowest BCUT2D eigenvalue weighted by atomic mass is 10.2. The number of carbonyl (C=O) groups excluding carboxylic acids is 1. The lowest BCUT2D eigenvalue weighted by Gasteiger charge is -2.17. The van der Waals surface area contributed by atoms with Gasteiger partial charge in [0.2, 0.25) is 0 Å². The Balaban J connectivity index is 1.91. The highest BCUT2D eigenvalue weighted by Crippen LogP contribution is 2.13. The number of aryl methyl sites for hydroxylation is 1. The number of rotatable bonds is 2. The van der Waals surface area contributed by atoms with E-state index in [1.54, 1.807) is 0 Å². The van der Waals surface area contributed by atoms with Gasteiger partial charge in [0.15, 0.2) is 0 Å². The quantitative estimate of drug-likeness (QED) is 0.818. The monoisotopic (exact) mass is 233 g/mol. The highest BCUT2D eigenvalue weighted by Gasteiger charge is 2.24. The topological polar surface area (TPSA) is 44.4 Å². The number of nitrogens with zero attached hydrogens (tertiary/aromatic N) is 1. The Morgan fingerprint density at radius 1 is 1.35 bits per heavy atom. The highest BCUT2D eigenvalue weighted by atomic mass is 16.2. The highest BCUT2D eigenvalue weighted by molar-refractivity contribution is 5.89. The molecule has 1 aliphatic rings. The first-order valence-electron chi connectivity index (χ1n) is 5.99. The summed E-state index contributed by atoms with van der Waals surface area (Å²) in [7, 11) is 1.94. The van der Waals surface area contributed by atoms with E-state index in [1.165, 1.54) is 5.56 Å². The molecule has 0 aliphatic carbocycles. The van der Waals surface area contributed by atoms with Crippen molar-refractivity contribution in [3.8, 4) is 0 Å². The van der Waals surface area contributed by atoms with Crippen LogP contribution in [0, 0.1) is 6.92 Å². The van der Waals surface area contributed by atoms with Crippen molar-refractivity contribution in [3.63, 3.8) is 0 Å². The molecular formula is C13H19N3O. The zero-order chi connectivity index (χ0) is 12.3. The Hall–Kier alpha value is -1.55. The van der Waals surface area contributed by atoms with Crippen molar-refractivity contribution < 1.29 is 4.79 Å². The summed E-state index contributed by atoms with van der Waals surface area (Å²) in [6.45, 7) is 3.64. The molecule has 0 aromatic heterocycles. The van der Waals surface area contributed by atoms with Gasteiger partial charge in [-0.05, 0) is 32.5 Å². The van der Waals surface area contributed by atoms with Gasteiger partial charge in [0.25, 0.3) is 0 Å². The van der Waals surface area contributed by atoms with Gasteiger partial charge in [-0.15, -0.1) is 0 Å². The zero-order valence-corrected chi connectivity index (χ0v) is 10.4. The van der Waals surface area contributed by atoms with Crippen molar-refractivity contribution >= 4 is 11.7 Å². The molecule has 1 saturated heterocycles. The lowest BCUT2D eigenvalue weighted by Crippen LogP contribution is -2.36. The van der Waals surface area contributed by atoms with Gasteiger partial charge < -0.3 is 15.5 Å². The van der Waals surface area contributed by atoms with Crippen LogP contribution in [0.5, 0.6) is 0 Å². The van der Waals surface area contributed by atoms with Crippen molar-refractivity contribution in [2.45, 2.75) is 19.4 Å². The van der Waals surface area contributed by atoms with Crippen LogP contribution < -0.4 is 10.6 Å². The molecule has 0 saturated carbocycles. The molecule has 2 amide bonds. The van der Waals surface area contributed by atoms with E-state index in [2.05, 4.69) is 10.6 Å². The number of anilines is 1. The molecule has 0 spiro atoms. The number of hydrogen-bond acceptors (Lipinski definition) is 2. The minimum absolute atomic E-state index is 0.00777. The molecule has 0 unspecified atom stereocenters. The summed E-state index contributed by atoms with van der Waals surface area (Å²) < 4.78 is 0. The third kappa shape index (κ3) is 2.97. The largest absolute Gasteiger partial charge is 0.323 e. The standard InChI is InChI=1S/C13H19N3O/c1-10-3-5-11(6-4-10)15-13(17)16-8-7-12(9-16)14-2/h3-6,12,14H,7-9H2,1-2H3,(H,15,17)/t12-/m0/s1. The van der Waals surface area contributed by atoms with Crippen molar-refractivity contribution in [1.29, 1.82) is 0 Å². The van der Waals surface area contributed by atoms with Crippen LogP contribution in [-0.4, -0.2) is 37.1 Å². The fourth-order valence-corrected chi connectivity index (χ4v) is 2.02. The maximum Gasteiger partial charge on any atom is 0.321 e. The third-order valence-corrected chi connectivity index (χ3v) is 3.19. The Morgan fingerprint density at radius 2 is 2.06 bits per heavy atom. The maximum absolute atomic E-state index is 11.9. The van der Waals surface area contributed by atoms with E-state index in [9.17, 15) is 4.79 Å². The number of amides is 2. The Bertz CT molecular complexity index is 388. The van der Waals surface area contributed by atoms with E-state index in [0.29, 0.717) is 6.04 Å². The van der Waals surface area contributed by atoms with Crippen LogP contribution in [-0.2, 0) is 0 Å². The number of carbonyl (C=O) groups is 1. The van der Waals surface area contributed by atoms with E-state index in [1.807, 2.05) is 43.1 Å². The van der Waals surface area contributed by atoms with Crippen molar-refractivity contribution in [2.24, 2.45) is 0 Å². The second-order valence-electron chi connectivity index (χ2n) is 4.52. The fraction of sp³-hybridized carbons (Fsp3) is 0.462. The van der Waals surface area contributed by atoms with Crippen LogP contribution >= 0.6 is 0 Å². The van der Waals surface area contributed by atoms with Gasteiger partial charge in [-0.3, -0.25) is 0 Å². The minimum atomic E-state index is -0.00777. The van der Waals surface area contributed by atoms with Gasteiger partial charge >= 0.3 is 6.03 Å². The first kappa shape index (κ1) is 11.9. The first-order chi connectivity index (χ1) is 8.19. The van der Waals surface area contributed by atoms with Crippen molar-refractivity contribution in [1.82, 2.24) is 10.2 Å². The van der Waals surface area contributed by atoms with Crippen molar-refractivity contribution in [2.75, 3.05) is 25.5 Å². The van der Waals surface area contributed by atoms with Crippen LogP contribution in [0.3, 0.4) is 0 Å². The SMILES string of the molecule is CN[C@H]1CCN(C(=O)Nc2ccc(C)cc2)C1. The summed E-state index contributed by atoms with van der Waals surface area (Å²) >= 11 is 0.